The molecule has 98 valence electrons. The first kappa shape index (κ1) is 14.6. The van der Waals surface area contributed by atoms with Crippen LogP contribution in [0.15, 0.2) is 0 Å². The zero-order chi connectivity index (χ0) is 12.9. The van der Waals surface area contributed by atoms with E-state index in [0.29, 0.717) is 26.0 Å². The van der Waals surface area contributed by atoms with Crippen molar-refractivity contribution in [3.05, 3.63) is 15.6 Å². The number of aryl methyl sites for hydroxylation is 2. The molecule has 1 aromatic heterocycles. The Morgan fingerprint density at radius 3 is 2.65 bits per heavy atom. The first-order valence-electron chi connectivity index (χ1n) is 5.85. The monoisotopic (exact) mass is 258 g/mol. The van der Waals surface area contributed by atoms with Crippen LogP contribution in [-0.2, 0) is 11.2 Å². The second-order valence-corrected chi connectivity index (χ2v) is 5.76. The van der Waals surface area contributed by atoms with Crippen LogP contribution < -0.4 is 5.73 Å². The van der Waals surface area contributed by atoms with Gasteiger partial charge in [0.15, 0.2) is 0 Å². The molecule has 0 spiro atoms. The fourth-order valence-electron chi connectivity index (χ4n) is 1.81. The predicted molar refractivity (Wildman–Crippen MR) is 70.4 cm³/mol. The van der Waals surface area contributed by atoms with Crippen molar-refractivity contribution in [1.82, 2.24) is 4.98 Å². The fourth-order valence-corrected chi connectivity index (χ4v) is 2.88. The Labute approximate surface area is 107 Å². The lowest BCUT2D eigenvalue weighted by atomic mass is 9.95. The SMILES string of the molecule is COCC(O)(CCCN)Cc1nc(C)c(C)s1. The molecule has 0 saturated carbocycles. The Morgan fingerprint density at radius 1 is 1.47 bits per heavy atom. The Balaban J connectivity index is 2.71. The third-order valence-electron chi connectivity index (χ3n) is 2.81. The van der Waals surface area contributed by atoms with Gasteiger partial charge in [0, 0.05) is 18.4 Å². The number of hydrogen-bond donors (Lipinski definition) is 2. The summed E-state index contributed by atoms with van der Waals surface area (Å²) in [5.41, 5.74) is 5.69. The van der Waals surface area contributed by atoms with Crippen LogP contribution >= 0.6 is 11.3 Å². The third-order valence-corrected chi connectivity index (χ3v) is 3.89. The maximum atomic E-state index is 10.5. The van der Waals surface area contributed by atoms with Gasteiger partial charge in [-0.1, -0.05) is 0 Å². The number of rotatable bonds is 7. The summed E-state index contributed by atoms with van der Waals surface area (Å²) in [4.78, 5) is 5.66. The summed E-state index contributed by atoms with van der Waals surface area (Å²) in [6.07, 6.45) is 1.98. The molecule has 0 bridgehead atoms. The molecule has 1 atom stereocenters. The van der Waals surface area contributed by atoms with E-state index in [-0.39, 0.29) is 0 Å². The minimum atomic E-state index is -0.842. The van der Waals surface area contributed by atoms with E-state index in [9.17, 15) is 5.11 Å². The number of methoxy groups -OCH3 is 1. The van der Waals surface area contributed by atoms with Crippen molar-refractivity contribution in [1.29, 1.82) is 0 Å². The van der Waals surface area contributed by atoms with Crippen LogP contribution in [0.3, 0.4) is 0 Å². The van der Waals surface area contributed by atoms with Gasteiger partial charge in [0.05, 0.1) is 22.9 Å². The van der Waals surface area contributed by atoms with Gasteiger partial charge in [-0.2, -0.15) is 0 Å². The quantitative estimate of drug-likeness (QED) is 0.776. The smallest absolute Gasteiger partial charge is 0.0960 e. The van der Waals surface area contributed by atoms with E-state index in [1.807, 2.05) is 13.8 Å². The highest BCUT2D eigenvalue weighted by molar-refractivity contribution is 7.11. The van der Waals surface area contributed by atoms with Crippen molar-refractivity contribution >= 4 is 11.3 Å². The maximum Gasteiger partial charge on any atom is 0.0960 e. The topological polar surface area (TPSA) is 68.4 Å². The number of nitrogens with two attached hydrogens (primary N) is 1. The van der Waals surface area contributed by atoms with Gasteiger partial charge in [-0.05, 0) is 33.2 Å². The molecule has 0 aliphatic heterocycles. The molecule has 0 radical (unpaired) electrons. The van der Waals surface area contributed by atoms with Gasteiger partial charge >= 0.3 is 0 Å². The van der Waals surface area contributed by atoms with E-state index < -0.39 is 5.60 Å². The first-order chi connectivity index (χ1) is 8.00. The Hall–Kier alpha value is -0.490. The minimum Gasteiger partial charge on any atom is -0.387 e. The second kappa shape index (κ2) is 6.44. The molecule has 1 unspecified atom stereocenters. The summed E-state index contributed by atoms with van der Waals surface area (Å²) < 4.78 is 5.10. The van der Waals surface area contributed by atoms with Gasteiger partial charge in [0.1, 0.15) is 0 Å². The molecule has 0 aromatic carbocycles. The lowest BCUT2D eigenvalue weighted by Gasteiger charge is -2.26. The number of aliphatic hydroxyl groups is 1. The molecule has 4 nitrogen and oxygen atoms in total. The molecule has 0 aliphatic rings. The molecular weight excluding hydrogens is 236 g/mol. The van der Waals surface area contributed by atoms with Crippen molar-refractivity contribution in [2.24, 2.45) is 5.73 Å². The standard InChI is InChI=1S/C12H22N2O2S/c1-9-10(2)17-11(14-9)7-12(15,8-16-3)5-4-6-13/h15H,4-8,13H2,1-3H3. The first-order valence-corrected chi connectivity index (χ1v) is 6.66. The van der Waals surface area contributed by atoms with E-state index in [4.69, 9.17) is 10.5 Å². The van der Waals surface area contributed by atoms with Gasteiger partial charge in [-0.15, -0.1) is 11.3 Å². The average molecular weight is 258 g/mol. The van der Waals surface area contributed by atoms with Crippen LogP contribution in [0.2, 0.25) is 0 Å². The summed E-state index contributed by atoms with van der Waals surface area (Å²) in [5.74, 6) is 0. The van der Waals surface area contributed by atoms with E-state index >= 15 is 0 Å². The van der Waals surface area contributed by atoms with Crippen LogP contribution in [0, 0.1) is 13.8 Å². The van der Waals surface area contributed by atoms with Crippen molar-refractivity contribution in [3.63, 3.8) is 0 Å². The summed E-state index contributed by atoms with van der Waals surface area (Å²) >= 11 is 1.64. The highest BCUT2D eigenvalue weighted by Crippen LogP contribution is 2.24. The molecule has 0 amide bonds. The van der Waals surface area contributed by atoms with Crippen LogP contribution in [0.25, 0.3) is 0 Å². The lowest BCUT2D eigenvalue weighted by Crippen LogP contribution is -2.37. The zero-order valence-corrected chi connectivity index (χ0v) is 11.6. The van der Waals surface area contributed by atoms with Crippen molar-refractivity contribution < 1.29 is 9.84 Å². The molecule has 17 heavy (non-hydrogen) atoms. The Bertz CT molecular complexity index is 335. The number of nitrogens with zero attached hydrogens (tertiary/aromatic N) is 1. The molecule has 1 rings (SSSR count). The van der Waals surface area contributed by atoms with Gasteiger partial charge in [-0.3, -0.25) is 0 Å². The number of ether oxygens (including phenoxy) is 1. The molecule has 3 N–H and O–H groups in total. The maximum absolute atomic E-state index is 10.5. The summed E-state index contributed by atoms with van der Waals surface area (Å²) in [6.45, 7) is 4.95. The van der Waals surface area contributed by atoms with Gasteiger partial charge in [-0.25, -0.2) is 4.98 Å². The highest BCUT2D eigenvalue weighted by Gasteiger charge is 2.28. The van der Waals surface area contributed by atoms with Crippen molar-refractivity contribution in [3.8, 4) is 0 Å². The highest BCUT2D eigenvalue weighted by atomic mass is 32.1. The van der Waals surface area contributed by atoms with Crippen LogP contribution in [-0.4, -0.2) is 36.0 Å². The van der Waals surface area contributed by atoms with E-state index in [1.54, 1.807) is 18.4 Å². The Kier molecular flexibility index (Phi) is 5.52. The van der Waals surface area contributed by atoms with E-state index in [1.165, 1.54) is 4.88 Å². The zero-order valence-electron chi connectivity index (χ0n) is 10.8. The van der Waals surface area contributed by atoms with Gasteiger partial charge < -0.3 is 15.6 Å². The van der Waals surface area contributed by atoms with Gasteiger partial charge in [0.2, 0.25) is 0 Å². The Morgan fingerprint density at radius 2 is 2.18 bits per heavy atom. The molecule has 0 fully saturated rings. The molecule has 5 heteroatoms. The normalized spacial score (nSPS) is 14.9. The minimum absolute atomic E-state index is 0.324. The van der Waals surface area contributed by atoms with E-state index in [2.05, 4.69) is 4.98 Å². The molecule has 1 heterocycles. The summed E-state index contributed by atoms with van der Waals surface area (Å²) in [7, 11) is 1.60. The number of hydrogen-bond acceptors (Lipinski definition) is 5. The number of aromatic nitrogens is 1. The van der Waals surface area contributed by atoms with E-state index in [0.717, 1.165) is 17.1 Å². The molecule has 0 aliphatic carbocycles. The summed E-state index contributed by atoms with van der Waals surface area (Å²) in [6, 6.07) is 0. The molecule has 0 saturated heterocycles. The van der Waals surface area contributed by atoms with Gasteiger partial charge in [0.25, 0.3) is 0 Å². The lowest BCUT2D eigenvalue weighted by molar-refractivity contribution is -0.0375. The molecule has 1 aromatic rings. The van der Waals surface area contributed by atoms with Crippen molar-refractivity contribution in [2.45, 2.75) is 38.7 Å². The van der Waals surface area contributed by atoms with Crippen LogP contribution in [0.1, 0.15) is 28.4 Å². The predicted octanol–water partition coefficient (Wildman–Crippen LogP) is 1.42. The number of thiazole rings is 1. The summed E-state index contributed by atoms with van der Waals surface area (Å²) in [5, 5.41) is 11.5. The van der Waals surface area contributed by atoms with Crippen LogP contribution in [0.4, 0.5) is 0 Å². The largest absolute Gasteiger partial charge is 0.387 e. The average Bonchev–Trinajstić information content (AvgIpc) is 2.55. The second-order valence-electron chi connectivity index (χ2n) is 4.48. The molecular formula is C12H22N2O2S. The third kappa shape index (κ3) is 4.35. The fraction of sp³-hybridized carbons (Fsp3) is 0.750. The van der Waals surface area contributed by atoms with Crippen molar-refractivity contribution in [2.75, 3.05) is 20.3 Å². The van der Waals surface area contributed by atoms with Crippen LogP contribution in [0.5, 0.6) is 0 Å².